The number of benzene rings is 1. The van der Waals surface area contributed by atoms with E-state index in [4.69, 9.17) is 21.6 Å². The average Bonchev–Trinajstić information content (AvgIpc) is 3.04. The Morgan fingerprint density at radius 1 is 1.61 bits per heavy atom. The van der Waals surface area contributed by atoms with Gasteiger partial charge in [-0.2, -0.15) is 9.64 Å². The second kappa shape index (κ2) is 6.30. The predicted octanol–water partition coefficient (Wildman–Crippen LogP) is 3.45. The molecule has 1 aromatic heterocycles. The fraction of sp³-hybridized carbons (Fsp3) is 0.400. The summed E-state index contributed by atoms with van der Waals surface area (Å²) in [6, 6.07) is 4.50. The molecule has 3 rings (SSSR count). The van der Waals surface area contributed by atoms with Crippen molar-refractivity contribution in [2.75, 3.05) is 0 Å². The molecule has 2 heterocycles. The van der Waals surface area contributed by atoms with Gasteiger partial charge in [0.1, 0.15) is 23.3 Å². The molecule has 0 spiro atoms. The maximum atomic E-state index is 14.1. The molecule has 0 saturated heterocycles. The molecule has 0 saturated carbocycles. The number of nitrogens with zero attached hydrogens (tertiary/aromatic N) is 4. The molecule has 0 N–H and O–H groups in total. The molecule has 0 aliphatic carbocycles. The van der Waals surface area contributed by atoms with E-state index >= 15 is 0 Å². The minimum Gasteiger partial charge on any atom is -0.474 e. The maximum absolute atomic E-state index is 14.1. The van der Waals surface area contributed by atoms with E-state index < -0.39 is 11.9 Å². The molecule has 1 aliphatic rings. The Morgan fingerprint density at radius 2 is 2.39 bits per heavy atom. The lowest BCUT2D eigenvalue weighted by Gasteiger charge is -2.10. The summed E-state index contributed by atoms with van der Waals surface area (Å²) in [6.45, 7) is 4.56. The number of halogens is 2. The molecule has 0 bridgehead atoms. The van der Waals surface area contributed by atoms with Crippen molar-refractivity contribution in [2.24, 2.45) is 10.9 Å². The van der Waals surface area contributed by atoms with Crippen molar-refractivity contribution in [1.29, 1.82) is 5.26 Å². The van der Waals surface area contributed by atoms with Crippen molar-refractivity contribution in [1.82, 2.24) is 8.94 Å². The van der Waals surface area contributed by atoms with E-state index in [9.17, 15) is 4.39 Å². The molecule has 2 unspecified atom stereocenters. The monoisotopic (exact) mass is 352 g/mol. The van der Waals surface area contributed by atoms with E-state index in [-0.39, 0.29) is 16.5 Å². The lowest BCUT2D eigenvalue weighted by molar-refractivity contribution is 0.276. The first-order valence-corrected chi connectivity index (χ1v) is 8.28. The number of hydrogen-bond donors (Lipinski definition) is 0. The molecule has 8 heteroatoms. The molecule has 5 nitrogen and oxygen atoms in total. The normalized spacial score (nSPS) is 18.6. The SMILES string of the molecule is CC1Cc2nsc(=Nc3cc(OC(C)C#N)c(Cl)cc3F)n2C1. The van der Waals surface area contributed by atoms with Gasteiger partial charge in [0.25, 0.3) is 0 Å². The Hall–Kier alpha value is -1.91. The van der Waals surface area contributed by atoms with E-state index in [1.165, 1.54) is 17.6 Å². The van der Waals surface area contributed by atoms with Gasteiger partial charge in [-0.1, -0.05) is 18.5 Å². The number of hydrogen-bond acceptors (Lipinski definition) is 5. The largest absolute Gasteiger partial charge is 0.474 e. The second-order valence-electron chi connectivity index (χ2n) is 5.54. The smallest absolute Gasteiger partial charge is 0.209 e. The molecule has 0 radical (unpaired) electrons. The van der Waals surface area contributed by atoms with Gasteiger partial charge in [0.2, 0.25) is 4.80 Å². The van der Waals surface area contributed by atoms with Crippen molar-refractivity contribution in [2.45, 2.75) is 32.9 Å². The lowest BCUT2D eigenvalue weighted by Crippen LogP contribution is -2.14. The lowest BCUT2D eigenvalue weighted by atomic mass is 10.1. The Kier molecular flexibility index (Phi) is 4.37. The number of aromatic nitrogens is 2. The van der Waals surface area contributed by atoms with Gasteiger partial charge in [0.15, 0.2) is 11.9 Å². The van der Waals surface area contributed by atoms with Crippen LogP contribution in [0.2, 0.25) is 5.02 Å². The number of nitriles is 1. The van der Waals surface area contributed by atoms with Crippen LogP contribution in [0.3, 0.4) is 0 Å². The van der Waals surface area contributed by atoms with Crippen LogP contribution in [0, 0.1) is 23.1 Å². The highest BCUT2D eigenvalue weighted by atomic mass is 35.5. The van der Waals surface area contributed by atoms with Gasteiger partial charge in [0, 0.05) is 30.6 Å². The van der Waals surface area contributed by atoms with Gasteiger partial charge in [-0.05, 0) is 18.9 Å². The van der Waals surface area contributed by atoms with Gasteiger partial charge in [0.05, 0.1) is 5.02 Å². The van der Waals surface area contributed by atoms with Crippen LogP contribution in [0.15, 0.2) is 17.1 Å². The summed E-state index contributed by atoms with van der Waals surface area (Å²) >= 11 is 7.21. The van der Waals surface area contributed by atoms with Crippen molar-refractivity contribution >= 4 is 28.8 Å². The van der Waals surface area contributed by atoms with Crippen LogP contribution in [0.25, 0.3) is 0 Å². The molecular weight excluding hydrogens is 339 g/mol. The highest BCUT2D eigenvalue weighted by Crippen LogP contribution is 2.32. The van der Waals surface area contributed by atoms with Crippen LogP contribution in [-0.2, 0) is 13.0 Å². The van der Waals surface area contributed by atoms with Crippen LogP contribution >= 0.6 is 23.1 Å². The van der Waals surface area contributed by atoms with Gasteiger partial charge >= 0.3 is 0 Å². The topological polar surface area (TPSA) is 63.2 Å². The average molecular weight is 353 g/mol. The highest BCUT2D eigenvalue weighted by Gasteiger charge is 2.21. The number of ether oxygens (including phenoxy) is 1. The zero-order chi connectivity index (χ0) is 16.6. The zero-order valence-electron chi connectivity index (χ0n) is 12.6. The summed E-state index contributed by atoms with van der Waals surface area (Å²) in [4.78, 5) is 5.01. The van der Waals surface area contributed by atoms with Crippen molar-refractivity contribution in [3.63, 3.8) is 0 Å². The Labute approximate surface area is 141 Å². The van der Waals surface area contributed by atoms with Gasteiger partial charge in [-0.15, -0.1) is 0 Å². The molecule has 23 heavy (non-hydrogen) atoms. The van der Waals surface area contributed by atoms with Crippen LogP contribution in [0.5, 0.6) is 5.75 Å². The summed E-state index contributed by atoms with van der Waals surface area (Å²) < 4.78 is 25.9. The van der Waals surface area contributed by atoms with Crippen LogP contribution in [0.4, 0.5) is 10.1 Å². The number of fused-ring (bicyclic) bond motifs is 1. The molecule has 0 fully saturated rings. The first kappa shape index (κ1) is 16.0. The fourth-order valence-electron chi connectivity index (χ4n) is 2.42. The third-order valence-corrected chi connectivity index (χ3v) is 4.58. The van der Waals surface area contributed by atoms with Crippen molar-refractivity contribution < 1.29 is 9.13 Å². The molecule has 2 atom stereocenters. The number of rotatable bonds is 3. The minimum atomic E-state index is -0.686. The van der Waals surface area contributed by atoms with E-state index in [1.807, 2.05) is 10.6 Å². The Balaban J connectivity index is 2.02. The quantitative estimate of drug-likeness (QED) is 0.849. The van der Waals surface area contributed by atoms with Crippen molar-refractivity contribution in [3.05, 3.63) is 33.6 Å². The summed E-state index contributed by atoms with van der Waals surface area (Å²) in [6.07, 6.45) is 0.220. The summed E-state index contributed by atoms with van der Waals surface area (Å²) in [5.74, 6) is 1.18. The van der Waals surface area contributed by atoms with Gasteiger partial charge < -0.3 is 9.30 Å². The maximum Gasteiger partial charge on any atom is 0.209 e. The zero-order valence-corrected chi connectivity index (χ0v) is 14.2. The predicted molar refractivity (Wildman–Crippen MR) is 85.3 cm³/mol. The van der Waals surface area contributed by atoms with Crippen LogP contribution in [-0.4, -0.2) is 15.0 Å². The highest BCUT2D eigenvalue weighted by molar-refractivity contribution is 7.02. The van der Waals surface area contributed by atoms with Crippen LogP contribution < -0.4 is 9.54 Å². The fourth-order valence-corrected chi connectivity index (χ4v) is 3.39. The van der Waals surface area contributed by atoms with E-state index in [0.717, 1.165) is 24.9 Å². The molecule has 0 amide bonds. The van der Waals surface area contributed by atoms with E-state index in [2.05, 4.69) is 16.3 Å². The third kappa shape index (κ3) is 3.23. The summed E-state index contributed by atoms with van der Waals surface area (Å²) in [5.41, 5.74) is 0.119. The van der Waals surface area contributed by atoms with Crippen molar-refractivity contribution in [3.8, 4) is 11.8 Å². The van der Waals surface area contributed by atoms with E-state index in [1.54, 1.807) is 6.92 Å². The Morgan fingerprint density at radius 3 is 3.13 bits per heavy atom. The molecule has 2 aromatic rings. The standard InChI is InChI=1S/C15H14ClFN4OS/c1-8-3-14-20-23-15(21(14)7-8)19-12-5-13(22-9(2)6-18)10(16)4-11(12)17/h4-5,8-9H,3,7H2,1-2H3. The van der Waals surface area contributed by atoms with E-state index in [0.29, 0.717) is 10.7 Å². The second-order valence-corrected chi connectivity index (χ2v) is 6.67. The molecule has 1 aromatic carbocycles. The first-order valence-electron chi connectivity index (χ1n) is 7.13. The van der Waals surface area contributed by atoms with Crippen LogP contribution in [0.1, 0.15) is 19.7 Å². The summed E-state index contributed by atoms with van der Waals surface area (Å²) in [5, 5.41) is 8.93. The molecule has 120 valence electrons. The van der Waals surface area contributed by atoms with Gasteiger partial charge in [-0.25, -0.2) is 9.38 Å². The summed E-state index contributed by atoms with van der Waals surface area (Å²) in [7, 11) is 0. The minimum absolute atomic E-state index is 0.111. The molecule has 1 aliphatic heterocycles. The molecular formula is C15H14ClFN4OS. The Bertz CT molecular complexity index is 854. The first-order chi connectivity index (χ1) is 11.0. The van der Waals surface area contributed by atoms with Gasteiger partial charge in [-0.3, -0.25) is 0 Å². The third-order valence-electron chi connectivity index (χ3n) is 3.50.